The Hall–Kier alpha value is 0.1000. The first-order valence-corrected chi connectivity index (χ1v) is 7.90. The van der Waals surface area contributed by atoms with E-state index in [0.29, 0.717) is 12.0 Å². The van der Waals surface area contributed by atoms with Crippen LogP contribution in [0.4, 0.5) is 0 Å². The highest BCUT2D eigenvalue weighted by atomic mass is 79.9. The largest absolute Gasteiger partial charge is 0.381 e. The lowest BCUT2D eigenvalue weighted by molar-refractivity contribution is 0.0542. The molecule has 0 saturated carbocycles. The predicted octanol–water partition coefficient (Wildman–Crippen LogP) is 3.90. The van der Waals surface area contributed by atoms with Crippen molar-refractivity contribution in [2.24, 2.45) is 5.92 Å². The van der Waals surface area contributed by atoms with Crippen molar-refractivity contribution in [1.29, 1.82) is 0 Å². The molecule has 2 heterocycles. The van der Waals surface area contributed by atoms with E-state index in [-0.39, 0.29) is 0 Å². The Morgan fingerprint density at radius 3 is 2.76 bits per heavy atom. The average Bonchev–Trinajstić information content (AvgIpc) is 2.67. The monoisotopic (exact) mass is 317 g/mol. The molecule has 0 bridgehead atoms. The smallest absolute Gasteiger partial charge is 0.0731 e. The van der Waals surface area contributed by atoms with E-state index >= 15 is 0 Å². The lowest BCUT2D eigenvalue weighted by atomic mass is 9.90. The molecule has 1 aromatic rings. The van der Waals surface area contributed by atoms with Crippen LogP contribution in [0.1, 0.15) is 36.2 Å². The SMILES string of the molecule is CCNC(c1cc(C)c(Br)s1)C1CCOCC1. The van der Waals surface area contributed by atoms with Crippen molar-refractivity contribution in [3.05, 3.63) is 20.3 Å². The quantitative estimate of drug-likeness (QED) is 0.909. The number of ether oxygens (including phenoxy) is 1. The van der Waals surface area contributed by atoms with E-state index in [4.69, 9.17) is 4.74 Å². The number of aryl methyl sites for hydroxylation is 1. The molecule has 1 fully saturated rings. The van der Waals surface area contributed by atoms with Gasteiger partial charge in [0.05, 0.1) is 3.79 Å². The zero-order chi connectivity index (χ0) is 12.3. The minimum Gasteiger partial charge on any atom is -0.381 e. The molecule has 0 aliphatic carbocycles. The number of hydrogen-bond acceptors (Lipinski definition) is 3. The van der Waals surface area contributed by atoms with Gasteiger partial charge >= 0.3 is 0 Å². The van der Waals surface area contributed by atoms with Gasteiger partial charge in [0, 0.05) is 24.1 Å². The molecular formula is C13H20BrNOS. The fourth-order valence-corrected chi connectivity index (χ4v) is 4.15. The van der Waals surface area contributed by atoms with Crippen LogP contribution in [0.15, 0.2) is 9.85 Å². The number of rotatable bonds is 4. The summed E-state index contributed by atoms with van der Waals surface area (Å²) in [5, 5.41) is 3.64. The van der Waals surface area contributed by atoms with Crippen LogP contribution in [0.3, 0.4) is 0 Å². The molecule has 1 aliphatic rings. The molecule has 2 nitrogen and oxygen atoms in total. The van der Waals surface area contributed by atoms with Crippen LogP contribution >= 0.6 is 27.3 Å². The third-order valence-electron chi connectivity index (χ3n) is 3.34. The van der Waals surface area contributed by atoms with E-state index in [9.17, 15) is 0 Å². The van der Waals surface area contributed by atoms with Crippen molar-refractivity contribution in [3.63, 3.8) is 0 Å². The first kappa shape index (κ1) is 13.5. The van der Waals surface area contributed by atoms with Crippen LogP contribution in [0.5, 0.6) is 0 Å². The summed E-state index contributed by atoms with van der Waals surface area (Å²) in [7, 11) is 0. The van der Waals surface area contributed by atoms with Crippen LogP contribution in [0.2, 0.25) is 0 Å². The molecule has 1 saturated heterocycles. The summed E-state index contributed by atoms with van der Waals surface area (Å²) >= 11 is 5.49. The molecule has 96 valence electrons. The summed E-state index contributed by atoms with van der Waals surface area (Å²) in [5.74, 6) is 0.716. The van der Waals surface area contributed by atoms with Crippen LogP contribution in [0.25, 0.3) is 0 Å². The molecule has 1 N–H and O–H groups in total. The normalized spacial score (nSPS) is 19.5. The van der Waals surface area contributed by atoms with Gasteiger partial charge in [0.1, 0.15) is 0 Å². The molecule has 2 rings (SSSR count). The lowest BCUT2D eigenvalue weighted by Gasteiger charge is -2.30. The van der Waals surface area contributed by atoms with E-state index in [1.165, 1.54) is 27.1 Å². The first-order valence-electron chi connectivity index (χ1n) is 6.29. The highest BCUT2D eigenvalue weighted by molar-refractivity contribution is 9.11. The van der Waals surface area contributed by atoms with Gasteiger partial charge < -0.3 is 10.1 Å². The van der Waals surface area contributed by atoms with Gasteiger partial charge in [-0.1, -0.05) is 6.92 Å². The number of thiophene rings is 1. The zero-order valence-electron chi connectivity index (χ0n) is 10.5. The van der Waals surface area contributed by atoms with Crippen molar-refractivity contribution < 1.29 is 4.74 Å². The highest BCUT2D eigenvalue weighted by Crippen LogP contribution is 2.37. The third kappa shape index (κ3) is 3.31. The second kappa shape index (κ2) is 6.32. The topological polar surface area (TPSA) is 21.3 Å². The van der Waals surface area contributed by atoms with Crippen molar-refractivity contribution in [3.8, 4) is 0 Å². The van der Waals surface area contributed by atoms with Crippen molar-refractivity contribution in [2.45, 2.75) is 32.7 Å². The molecule has 1 unspecified atom stereocenters. The molecule has 0 radical (unpaired) electrons. The first-order chi connectivity index (χ1) is 8.22. The van der Waals surface area contributed by atoms with Gasteiger partial charge in [-0.3, -0.25) is 0 Å². The van der Waals surface area contributed by atoms with Gasteiger partial charge in [0.15, 0.2) is 0 Å². The summed E-state index contributed by atoms with van der Waals surface area (Å²) in [6.45, 7) is 7.20. The van der Waals surface area contributed by atoms with Gasteiger partial charge in [-0.2, -0.15) is 0 Å². The summed E-state index contributed by atoms with van der Waals surface area (Å²) in [4.78, 5) is 1.46. The minimum absolute atomic E-state index is 0.499. The average molecular weight is 318 g/mol. The number of halogens is 1. The Morgan fingerprint density at radius 1 is 1.53 bits per heavy atom. The Labute approximate surface area is 116 Å². The van der Waals surface area contributed by atoms with Crippen LogP contribution in [0, 0.1) is 12.8 Å². The zero-order valence-corrected chi connectivity index (χ0v) is 12.9. The minimum atomic E-state index is 0.499. The van der Waals surface area contributed by atoms with E-state index in [0.717, 1.165) is 19.8 Å². The standard InChI is InChI=1S/C13H20BrNOS/c1-3-15-12(10-4-6-16-7-5-10)11-8-9(2)13(14)17-11/h8,10,12,15H,3-7H2,1-2H3. The van der Waals surface area contributed by atoms with Crippen molar-refractivity contribution in [2.75, 3.05) is 19.8 Å². The van der Waals surface area contributed by atoms with Gasteiger partial charge in [-0.05, 0) is 59.8 Å². The highest BCUT2D eigenvalue weighted by Gasteiger charge is 2.26. The van der Waals surface area contributed by atoms with E-state index in [1.54, 1.807) is 0 Å². The van der Waals surface area contributed by atoms with Crippen LogP contribution in [-0.2, 0) is 4.74 Å². The maximum absolute atomic E-state index is 5.46. The van der Waals surface area contributed by atoms with E-state index in [1.807, 2.05) is 11.3 Å². The maximum atomic E-state index is 5.46. The van der Waals surface area contributed by atoms with Crippen LogP contribution in [-0.4, -0.2) is 19.8 Å². The summed E-state index contributed by atoms with van der Waals surface area (Å²) in [5.41, 5.74) is 1.35. The van der Waals surface area contributed by atoms with Gasteiger partial charge in [0.2, 0.25) is 0 Å². The molecule has 0 spiro atoms. The van der Waals surface area contributed by atoms with Gasteiger partial charge in [-0.25, -0.2) is 0 Å². The molecule has 4 heteroatoms. The van der Waals surface area contributed by atoms with E-state index in [2.05, 4.69) is 41.2 Å². The summed E-state index contributed by atoms with van der Waals surface area (Å²) in [6.07, 6.45) is 2.35. The fourth-order valence-electron chi connectivity index (χ4n) is 2.41. The fraction of sp³-hybridized carbons (Fsp3) is 0.692. The lowest BCUT2D eigenvalue weighted by Crippen LogP contribution is -2.31. The third-order valence-corrected chi connectivity index (χ3v) is 5.56. The van der Waals surface area contributed by atoms with Crippen LogP contribution < -0.4 is 5.32 Å². The molecule has 17 heavy (non-hydrogen) atoms. The maximum Gasteiger partial charge on any atom is 0.0731 e. The second-order valence-corrected chi connectivity index (χ2v) is 6.99. The Morgan fingerprint density at radius 2 is 2.24 bits per heavy atom. The van der Waals surface area contributed by atoms with Crippen molar-refractivity contribution >= 4 is 27.3 Å². The Bertz CT molecular complexity index is 341. The van der Waals surface area contributed by atoms with Gasteiger partial charge in [0.25, 0.3) is 0 Å². The molecular weight excluding hydrogens is 298 g/mol. The second-order valence-electron chi connectivity index (χ2n) is 4.59. The number of nitrogens with one attached hydrogen (secondary N) is 1. The number of hydrogen-bond donors (Lipinski definition) is 1. The summed E-state index contributed by atoms with van der Waals surface area (Å²) in [6, 6.07) is 2.82. The molecule has 1 aromatic heterocycles. The van der Waals surface area contributed by atoms with E-state index < -0.39 is 0 Å². The molecule has 0 amide bonds. The molecule has 1 aliphatic heterocycles. The molecule has 0 aromatic carbocycles. The van der Waals surface area contributed by atoms with Gasteiger partial charge in [-0.15, -0.1) is 11.3 Å². The predicted molar refractivity (Wildman–Crippen MR) is 76.7 cm³/mol. The summed E-state index contributed by atoms with van der Waals surface area (Å²) < 4.78 is 6.73. The molecule has 1 atom stereocenters. The van der Waals surface area contributed by atoms with Crippen molar-refractivity contribution in [1.82, 2.24) is 5.32 Å². The Balaban J connectivity index is 2.15. The Kier molecular flexibility index (Phi) is 5.03.